The van der Waals surface area contributed by atoms with Gasteiger partial charge >= 0.3 is 5.97 Å². The van der Waals surface area contributed by atoms with Gasteiger partial charge in [-0.05, 0) is 42.7 Å². The van der Waals surface area contributed by atoms with E-state index in [9.17, 15) is 24.5 Å². The molecule has 2 aromatic carbocycles. The molecule has 0 atom stereocenters. The standard InChI is InChI=1S/C20H21N3O6/c1-11(2)10-21-18(24)13-4-5-17(12(3)6-13)22-19(25)14-7-15(20(26)27)9-16(8-14)23(28)29/h4-9,11H,10H2,1-3H3,(H,21,24)(H,22,25)(H,26,27). The van der Waals surface area contributed by atoms with Crippen molar-refractivity contribution in [3.8, 4) is 0 Å². The molecule has 0 heterocycles. The average Bonchev–Trinajstić information content (AvgIpc) is 2.66. The molecule has 0 aliphatic heterocycles. The summed E-state index contributed by atoms with van der Waals surface area (Å²) in [5.74, 6) is -2.00. The van der Waals surface area contributed by atoms with Crippen molar-refractivity contribution < 1.29 is 24.4 Å². The fraction of sp³-hybridized carbons (Fsp3) is 0.250. The van der Waals surface area contributed by atoms with Crippen LogP contribution in [0.15, 0.2) is 36.4 Å². The summed E-state index contributed by atoms with van der Waals surface area (Å²) < 4.78 is 0. The highest BCUT2D eigenvalue weighted by Gasteiger charge is 2.18. The molecule has 0 unspecified atom stereocenters. The van der Waals surface area contributed by atoms with Crippen LogP contribution < -0.4 is 10.6 Å². The van der Waals surface area contributed by atoms with Crippen molar-refractivity contribution in [1.82, 2.24) is 5.32 Å². The number of hydrogen-bond acceptors (Lipinski definition) is 5. The molecule has 0 aliphatic carbocycles. The summed E-state index contributed by atoms with van der Waals surface area (Å²) in [5, 5.41) is 25.5. The largest absolute Gasteiger partial charge is 0.478 e. The highest BCUT2D eigenvalue weighted by atomic mass is 16.6. The van der Waals surface area contributed by atoms with Gasteiger partial charge in [-0.25, -0.2) is 4.79 Å². The van der Waals surface area contributed by atoms with E-state index in [0.29, 0.717) is 29.3 Å². The average molecular weight is 399 g/mol. The van der Waals surface area contributed by atoms with Gasteiger partial charge < -0.3 is 15.7 Å². The van der Waals surface area contributed by atoms with Crippen LogP contribution in [0.5, 0.6) is 0 Å². The number of nitro groups is 1. The number of benzene rings is 2. The Morgan fingerprint density at radius 1 is 1.03 bits per heavy atom. The number of carboxylic acids is 1. The van der Waals surface area contributed by atoms with Crippen molar-refractivity contribution in [3.05, 3.63) is 68.8 Å². The minimum absolute atomic E-state index is 0.158. The quantitative estimate of drug-likeness (QED) is 0.482. The normalized spacial score (nSPS) is 10.5. The zero-order valence-corrected chi connectivity index (χ0v) is 16.2. The van der Waals surface area contributed by atoms with Gasteiger partial charge in [-0.3, -0.25) is 19.7 Å². The minimum Gasteiger partial charge on any atom is -0.478 e. The predicted octanol–water partition coefficient (Wildman–Crippen LogP) is 3.24. The van der Waals surface area contributed by atoms with Crippen LogP contribution in [-0.2, 0) is 0 Å². The van der Waals surface area contributed by atoms with Gasteiger partial charge in [-0.2, -0.15) is 0 Å². The summed E-state index contributed by atoms with van der Waals surface area (Å²) in [6, 6.07) is 7.66. The van der Waals surface area contributed by atoms with E-state index in [1.165, 1.54) is 0 Å². The van der Waals surface area contributed by atoms with E-state index in [2.05, 4.69) is 10.6 Å². The van der Waals surface area contributed by atoms with Crippen molar-refractivity contribution >= 4 is 29.2 Å². The summed E-state index contributed by atoms with van der Waals surface area (Å²) in [7, 11) is 0. The zero-order valence-electron chi connectivity index (χ0n) is 16.2. The van der Waals surface area contributed by atoms with Crippen molar-refractivity contribution in [2.75, 3.05) is 11.9 Å². The van der Waals surface area contributed by atoms with E-state index in [0.717, 1.165) is 18.2 Å². The van der Waals surface area contributed by atoms with E-state index < -0.39 is 22.5 Å². The molecule has 0 radical (unpaired) electrons. The number of carboxylic acid groups (broad SMARTS) is 1. The molecule has 9 nitrogen and oxygen atoms in total. The number of amides is 2. The molecule has 2 amide bonds. The Hall–Kier alpha value is -3.75. The molecule has 9 heteroatoms. The number of nitrogens with one attached hydrogen (secondary N) is 2. The smallest absolute Gasteiger partial charge is 0.335 e. The van der Waals surface area contributed by atoms with Gasteiger partial charge in [0, 0.05) is 35.5 Å². The molecule has 0 aliphatic rings. The SMILES string of the molecule is Cc1cc(C(=O)NCC(C)C)ccc1NC(=O)c1cc(C(=O)O)cc([N+](=O)[O-])c1. The molecule has 2 aromatic rings. The third-order valence-electron chi connectivity index (χ3n) is 4.05. The Morgan fingerprint density at radius 3 is 2.24 bits per heavy atom. The lowest BCUT2D eigenvalue weighted by Crippen LogP contribution is -2.27. The first kappa shape index (κ1) is 21.5. The number of anilines is 1. The predicted molar refractivity (Wildman–Crippen MR) is 106 cm³/mol. The number of nitrogens with zero attached hydrogens (tertiary/aromatic N) is 1. The van der Waals surface area contributed by atoms with Crippen LogP contribution in [0, 0.1) is 23.0 Å². The van der Waals surface area contributed by atoms with Crippen LogP contribution in [0.4, 0.5) is 11.4 Å². The molecule has 0 fully saturated rings. The number of hydrogen-bond donors (Lipinski definition) is 3. The number of non-ortho nitro benzene ring substituents is 1. The summed E-state index contributed by atoms with van der Waals surface area (Å²) in [5.41, 5.74) is 0.430. The molecule has 0 bridgehead atoms. The Bertz CT molecular complexity index is 952. The molecule has 2 rings (SSSR count). The van der Waals surface area contributed by atoms with Gasteiger partial charge in [0.05, 0.1) is 10.5 Å². The second-order valence-electron chi connectivity index (χ2n) is 6.92. The van der Waals surface area contributed by atoms with Crippen LogP contribution in [0.3, 0.4) is 0 Å². The molecular formula is C20H21N3O6. The number of rotatable bonds is 7. The Balaban J connectivity index is 2.24. The molecule has 152 valence electrons. The molecule has 0 saturated heterocycles. The molecule has 0 saturated carbocycles. The van der Waals surface area contributed by atoms with E-state index in [1.807, 2.05) is 13.8 Å². The van der Waals surface area contributed by atoms with Gasteiger partial charge in [0.15, 0.2) is 0 Å². The Morgan fingerprint density at radius 2 is 1.69 bits per heavy atom. The van der Waals surface area contributed by atoms with Crippen molar-refractivity contribution in [2.24, 2.45) is 5.92 Å². The Kier molecular flexibility index (Phi) is 6.66. The van der Waals surface area contributed by atoms with Crippen LogP contribution in [0.25, 0.3) is 0 Å². The van der Waals surface area contributed by atoms with Crippen LogP contribution in [-0.4, -0.2) is 34.4 Å². The zero-order chi connectivity index (χ0) is 21.7. The first-order chi connectivity index (χ1) is 13.6. The van der Waals surface area contributed by atoms with E-state index in [4.69, 9.17) is 5.11 Å². The summed E-state index contributed by atoms with van der Waals surface area (Å²) in [4.78, 5) is 46.1. The number of carbonyl (C=O) groups excluding carboxylic acids is 2. The van der Waals surface area contributed by atoms with Crippen molar-refractivity contribution in [1.29, 1.82) is 0 Å². The molecule has 0 spiro atoms. The van der Waals surface area contributed by atoms with Crippen molar-refractivity contribution in [3.63, 3.8) is 0 Å². The molecule has 3 N–H and O–H groups in total. The van der Waals surface area contributed by atoms with Crippen molar-refractivity contribution in [2.45, 2.75) is 20.8 Å². The van der Waals surface area contributed by atoms with E-state index in [-0.39, 0.29) is 17.0 Å². The van der Waals surface area contributed by atoms with Crippen LogP contribution >= 0.6 is 0 Å². The first-order valence-corrected chi connectivity index (χ1v) is 8.81. The third kappa shape index (κ3) is 5.61. The number of aryl methyl sites for hydroxylation is 1. The second-order valence-corrected chi connectivity index (χ2v) is 6.92. The lowest BCUT2D eigenvalue weighted by atomic mass is 10.1. The molecule has 29 heavy (non-hydrogen) atoms. The lowest BCUT2D eigenvalue weighted by Gasteiger charge is -2.12. The lowest BCUT2D eigenvalue weighted by molar-refractivity contribution is -0.384. The third-order valence-corrected chi connectivity index (χ3v) is 4.05. The maximum Gasteiger partial charge on any atom is 0.335 e. The summed E-state index contributed by atoms with van der Waals surface area (Å²) >= 11 is 0. The van der Waals surface area contributed by atoms with Gasteiger partial charge in [0.25, 0.3) is 17.5 Å². The monoisotopic (exact) mass is 399 g/mol. The summed E-state index contributed by atoms with van der Waals surface area (Å²) in [6.07, 6.45) is 0. The van der Waals surface area contributed by atoms with E-state index >= 15 is 0 Å². The highest BCUT2D eigenvalue weighted by molar-refractivity contribution is 6.06. The fourth-order valence-electron chi connectivity index (χ4n) is 2.51. The summed E-state index contributed by atoms with van der Waals surface area (Å²) in [6.45, 7) is 6.20. The van der Waals surface area contributed by atoms with Gasteiger partial charge in [0.1, 0.15) is 0 Å². The van der Waals surface area contributed by atoms with Crippen LogP contribution in [0.2, 0.25) is 0 Å². The van der Waals surface area contributed by atoms with Gasteiger partial charge in [0.2, 0.25) is 0 Å². The Labute approximate surface area is 166 Å². The second kappa shape index (κ2) is 8.96. The number of nitro benzene ring substituents is 1. The number of aromatic carboxylic acids is 1. The van der Waals surface area contributed by atoms with Gasteiger partial charge in [-0.1, -0.05) is 13.8 Å². The maximum atomic E-state index is 12.5. The maximum absolute atomic E-state index is 12.5. The first-order valence-electron chi connectivity index (χ1n) is 8.81. The van der Waals surface area contributed by atoms with Gasteiger partial charge in [-0.15, -0.1) is 0 Å². The topological polar surface area (TPSA) is 139 Å². The molecular weight excluding hydrogens is 378 g/mol. The van der Waals surface area contributed by atoms with E-state index in [1.54, 1.807) is 25.1 Å². The van der Waals surface area contributed by atoms with Crippen LogP contribution in [0.1, 0.15) is 50.5 Å². The molecule has 0 aromatic heterocycles. The fourth-order valence-corrected chi connectivity index (χ4v) is 2.51. The minimum atomic E-state index is -1.38. The highest BCUT2D eigenvalue weighted by Crippen LogP contribution is 2.21. The number of carbonyl (C=O) groups is 3.